The van der Waals surface area contributed by atoms with Gasteiger partial charge in [-0.3, -0.25) is 0 Å². The fourth-order valence-corrected chi connectivity index (χ4v) is 1.97. The number of para-hydroxylation sites is 1. The van der Waals surface area contributed by atoms with Crippen molar-refractivity contribution >= 4 is 17.8 Å². The van der Waals surface area contributed by atoms with E-state index in [9.17, 15) is 9.59 Å². The Bertz CT molecular complexity index is 476. The van der Waals surface area contributed by atoms with Gasteiger partial charge in [0.25, 0.3) is 0 Å². The molecule has 2 N–H and O–H groups in total. The third kappa shape index (κ3) is 3.63. The van der Waals surface area contributed by atoms with E-state index >= 15 is 0 Å². The summed E-state index contributed by atoms with van der Waals surface area (Å²) >= 11 is 0. The van der Waals surface area contributed by atoms with Crippen LogP contribution in [0.15, 0.2) is 30.3 Å². The molecule has 1 fully saturated rings. The van der Waals surface area contributed by atoms with Crippen LogP contribution in [0.5, 0.6) is 0 Å². The molecule has 0 bridgehead atoms. The van der Waals surface area contributed by atoms with Crippen molar-refractivity contribution in [2.24, 2.45) is 0 Å². The first kappa shape index (κ1) is 14.2. The van der Waals surface area contributed by atoms with Crippen LogP contribution < -0.4 is 10.6 Å². The predicted molar refractivity (Wildman–Crippen MR) is 75.6 cm³/mol. The number of hydrogen-bond acceptors (Lipinski definition) is 3. The molecule has 0 aliphatic carbocycles. The van der Waals surface area contributed by atoms with Crippen molar-refractivity contribution in [2.45, 2.75) is 26.0 Å². The summed E-state index contributed by atoms with van der Waals surface area (Å²) in [4.78, 5) is 24.9. The maximum Gasteiger partial charge on any atom is 0.410 e. The first-order valence-corrected chi connectivity index (χ1v) is 6.63. The van der Waals surface area contributed by atoms with E-state index in [2.05, 4.69) is 10.6 Å². The molecular weight excluding hydrogens is 258 g/mol. The van der Waals surface area contributed by atoms with Crippen molar-refractivity contribution in [1.82, 2.24) is 10.2 Å². The molecule has 0 spiro atoms. The molecule has 20 heavy (non-hydrogen) atoms. The number of anilines is 1. The zero-order chi connectivity index (χ0) is 14.5. The number of benzene rings is 1. The highest BCUT2D eigenvalue weighted by Gasteiger charge is 2.32. The summed E-state index contributed by atoms with van der Waals surface area (Å²) in [5, 5.41) is 5.41. The van der Waals surface area contributed by atoms with Crippen molar-refractivity contribution in [2.75, 3.05) is 18.4 Å². The molecule has 0 saturated carbocycles. The number of nitrogens with zero attached hydrogens (tertiary/aromatic N) is 1. The Balaban J connectivity index is 1.76. The number of cyclic esters (lactones) is 1. The molecule has 1 unspecified atom stereocenters. The van der Waals surface area contributed by atoms with Crippen LogP contribution >= 0.6 is 0 Å². The van der Waals surface area contributed by atoms with E-state index < -0.39 is 0 Å². The monoisotopic (exact) mass is 277 g/mol. The minimum Gasteiger partial charge on any atom is -0.442 e. The third-order valence-corrected chi connectivity index (χ3v) is 3.05. The average Bonchev–Trinajstić information content (AvgIpc) is 2.79. The lowest BCUT2D eigenvalue weighted by Crippen LogP contribution is -2.38. The van der Waals surface area contributed by atoms with E-state index in [-0.39, 0.29) is 24.3 Å². The quantitative estimate of drug-likeness (QED) is 0.884. The van der Waals surface area contributed by atoms with Gasteiger partial charge >= 0.3 is 12.1 Å². The molecule has 6 heteroatoms. The molecule has 1 atom stereocenters. The summed E-state index contributed by atoms with van der Waals surface area (Å²) in [6.07, 6.45) is -0.623. The number of nitrogens with one attached hydrogen (secondary N) is 2. The lowest BCUT2D eigenvalue weighted by atomic mass is 10.3. The smallest absolute Gasteiger partial charge is 0.410 e. The van der Waals surface area contributed by atoms with Gasteiger partial charge in [-0.1, -0.05) is 18.2 Å². The van der Waals surface area contributed by atoms with Gasteiger partial charge in [-0.25, -0.2) is 9.59 Å². The van der Waals surface area contributed by atoms with Crippen LogP contribution in [0.25, 0.3) is 0 Å². The summed E-state index contributed by atoms with van der Waals surface area (Å²) in [7, 11) is 0. The molecule has 0 aromatic heterocycles. The van der Waals surface area contributed by atoms with Crippen LogP contribution in [-0.2, 0) is 4.74 Å². The van der Waals surface area contributed by atoms with E-state index in [1.807, 2.05) is 32.0 Å². The number of ether oxygens (including phenoxy) is 1. The Hall–Kier alpha value is -2.24. The second kappa shape index (κ2) is 6.27. The van der Waals surface area contributed by atoms with Crippen LogP contribution in [0.3, 0.4) is 0 Å². The van der Waals surface area contributed by atoms with Crippen molar-refractivity contribution in [3.05, 3.63) is 30.3 Å². The van der Waals surface area contributed by atoms with E-state index in [1.165, 1.54) is 0 Å². The lowest BCUT2D eigenvalue weighted by molar-refractivity contribution is 0.129. The zero-order valence-electron chi connectivity index (χ0n) is 11.6. The van der Waals surface area contributed by atoms with Crippen LogP contribution in [0.4, 0.5) is 15.3 Å². The second-order valence-corrected chi connectivity index (χ2v) is 4.95. The molecule has 3 amide bonds. The van der Waals surface area contributed by atoms with Crippen molar-refractivity contribution in [3.8, 4) is 0 Å². The molecule has 108 valence electrons. The van der Waals surface area contributed by atoms with Crippen LogP contribution in [0, 0.1) is 0 Å². The zero-order valence-corrected chi connectivity index (χ0v) is 11.6. The highest BCUT2D eigenvalue weighted by atomic mass is 16.6. The lowest BCUT2D eigenvalue weighted by Gasteiger charge is -2.16. The van der Waals surface area contributed by atoms with Gasteiger partial charge in [-0.15, -0.1) is 0 Å². The van der Waals surface area contributed by atoms with Gasteiger partial charge in [0.2, 0.25) is 0 Å². The largest absolute Gasteiger partial charge is 0.442 e. The molecule has 1 heterocycles. The summed E-state index contributed by atoms with van der Waals surface area (Å²) in [5.74, 6) is 0. The van der Waals surface area contributed by atoms with Crippen molar-refractivity contribution in [1.29, 1.82) is 0 Å². The molecule has 1 aromatic carbocycles. The standard InChI is InChI=1S/C14H19N3O3/c1-10(2)17-9-12(20-14(17)19)8-15-13(18)16-11-6-4-3-5-7-11/h3-7,10,12H,8-9H2,1-2H3,(H2,15,16,18). The maximum absolute atomic E-state index is 11.7. The number of carbonyl (C=O) groups is 2. The molecule has 6 nitrogen and oxygen atoms in total. The first-order chi connectivity index (χ1) is 9.56. The van der Waals surface area contributed by atoms with E-state index in [4.69, 9.17) is 4.74 Å². The predicted octanol–water partition coefficient (Wildman–Crippen LogP) is 2.04. The fourth-order valence-electron chi connectivity index (χ4n) is 1.97. The van der Waals surface area contributed by atoms with Gasteiger partial charge in [-0.2, -0.15) is 0 Å². The van der Waals surface area contributed by atoms with E-state index in [0.717, 1.165) is 5.69 Å². The summed E-state index contributed by atoms with van der Waals surface area (Å²) in [6.45, 7) is 4.66. The van der Waals surface area contributed by atoms with Gasteiger partial charge in [0.15, 0.2) is 0 Å². The highest BCUT2D eigenvalue weighted by molar-refractivity contribution is 5.89. The summed E-state index contributed by atoms with van der Waals surface area (Å²) < 4.78 is 5.18. The van der Waals surface area contributed by atoms with Gasteiger partial charge in [0, 0.05) is 11.7 Å². The Morgan fingerprint density at radius 3 is 2.70 bits per heavy atom. The maximum atomic E-state index is 11.7. The second-order valence-electron chi connectivity index (χ2n) is 4.95. The van der Waals surface area contributed by atoms with Crippen molar-refractivity contribution in [3.63, 3.8) is 0 Å². The molecular formula is C14H19N3O3. The molecule has 1 aliphatic heterocycles. The van der Waals surface area contributed by atoms with Gasteiger partial charge < -0.3 is 20.3 Å². The Labute approximate surface area is 118 Å². The SMILES string of the molecule is CC(C)N1CC(CNC(=O)Nc2ccccc2)OC1=O. The minimum absolute atomic E-state index is 0.102. The Morgan fingerprint density at radius 1 is 1.40 bits per heavy atom. The number of amides is 3. The minimum atomic E-state index is -0.324. The van der Waals surface area contributed by atoms with Gasteiger partial charge in [0.1, 0.15) is 6.10 Å². The average molecular weight is 277 g/mol. The third-order valence-electron chi connectivity index (χ3n) is 3.05. The van der Waals surface area contributed by atoms with E-state index in [1.54, 1.807) is 17.0 Å². The topological polar surface area (TPSA) is 70.7 Å². The number of rotatable bonds is 4. The molecule has 1 saturated heterocycles. The molecule has 1 aromatic rings. The molecule has 0 radical (unpaired) electrons. The molecule has 1 aliphatic rings. The molecule has 2 rings (SSSR count). The highest BCUT2D eigenvalue weighted by Crippen LogP contribution is 2.13. The van der Waals surface area contributed by atoms with E-state index in [0.29, 0.717) is 13.1 Å². The van der Waals surface area contributed by atoms with Crippen LogP contribution in [0.1, 0.15) is 13.8 Å². The Kier molecular flexibility index (Phi) is 4.45. The summed E-state index contributed by atoms with van der Waals surface area (Å²) in [6, 6.07) is 8.96. The number of urea groups is 1. The van der Waals surface area contributed by atoms with Gasteiger partial charge in [-0.05, 0) is 26.0 Å². The van der Waals surface area contributed by atoms with Crippen molar-refractivity contribution < 1.29 is 14.3 Å². The summed E-state index contributed by atoms with van der Waals surface area (Å²) in [5.41, 5.74) is 0.720. The first-order valence-electron chi connectivity index (χ1n) is 6.63. The number of carbonyl (C=O) groups excluding carboxylic acids is 2. The normalized spacial score (nSPS) is 18.1. The van der Waals surface area contributed by atoms with Gasteiger partial charge in [0.05, 0.1) is 13.1 Å². The van der Waals surface area contributed by atoms with Crippen LogP contribution in [0.2, 0.25) is 0 Å². The van der Waals surface area contributed by atoms with Crippen LogP contribution in [-0.4, -0.2) is 42.3 Å². The number of hydrogen-bond donors (Lipinski definition) is 2. The Morgan fingerprint density at radius 2 is 2.10 bits per heavy atom. The fraction of sp³-hybridized carbons (Fsp3) is 0.429.